The molecule has 0 saturated carbocycles. The molecule has 0 aliphatic rings. The van der Waals surface area contributed by atoms with Crippen LogP contribution in [0.3, 0.4) is 0 Å². The van der Waals surface area contributed by atoms with Crippen molar-refractivity contribution in [2.45, 2.75) is 6.54 Å². The van der Waals surface area contributed by atoms with Gasteiger partial charge in [0.2, 0.25) is 0 Å². The zero-order valence-corrected chi connectivity index (χ0v) is 14.0. The molecule has 24 heavy (non-hydrogen) atoms. The number of methoxy groups -OCH3 is 1. The fourth-order valence-electron chi connectivity index (χ4n) is 1.91. The first-order chi connectivity index (χ1) is 11.1. The minimum Gasteiger partial charge on any atom is -0.497 e. The van der Waals surface area contributed by atoms with E-state index in [1.807, 2.05) is 0 Å². The highest BCUT2D eigenvalue weighted by molar-refractivity contribution is 5.95. The van der Waals surface area contributed by atoms with E-state index in [1.165, 1.54) is 6.26 Å². The number of carbonyl (C=O) groups excluding carboxylic acids is 2. The highest BCUT2D eigenvalue weighted by Crippen LogP contribution is 2.11. The standard InChI is InChI=1S/C16H19N3O4.ClH/c1-22-13-4-2-11(3-5-13)15(20)18-6-7-19-16(21)12-8-14(9-17)23-10-12;/h2-5,8,10H,6-7,9,17H2,1H3,(H,18,20)(H,19,21);1H. The van der Waals surface area contributed by atoms with Gasteiger partial charge in [0.05, 0.1) is 19.2 Å². The molecule has 0 bridgehead atoms. The lowest BCUT2D eigenvalue weighted by molar-refractivity contribution is 0.0927. The lowest BCUT2D eigenvalue weighted by Crippen LogP contribution is -2.34. The van der Waals surface area contributed by atoms with Crippen molar-refractivity contribution < 1.29 is 18.7 Å². The molecule has 8 heteroatoms. The zero-order valence-electron chi connectivity index (χ0n) is 13.2. The highest BCUT2D eigenvalue weighted by atomic mass is 35.5. The van der Waals surface area contributed by atoms with Crippen LogP contribution in [0.1, 0.15) is 26.5 Å². The third kappa shape index (κ3) is 5.29. The molecule has 1 aromatic heterocycles. The number of nitrogens with two attached hydrogens (primary N) is 1. The van der Waals surface area contributed by atoms with Crippen molar-refractivity contribution in [3.05, 3.63) is 53.5 Å². The molecule has 0 atom stereocenters. The molecular formula is C16H20ClN3O4. The van der Waals surface area contributed by atoms with Gasteiger partial charge < -0.3 is 25.5 Å². The SMILES string of the molecule is COc1ccc(C(=O)NCCNC(=O)c2coc(CN)c2)cc1.Cl. The summed E-state index contributed by atoms with van der Waals surface area (Å²) >= 11 is 0. The number of rotatable bonds is 7. The molecule has 1 heterocycles. The van der Waals surface area contributed by atoms with Crippen molar-refractivity contribution in [2.24, 2.45) is 5.73 Å². The van der Waals surface area contributed by atoms with Gasteiger partial charge in [-0.05, 0) is 30.3 Å². The van der Waals surface area contributed by atoms with Gasteiger partial charge in [-0.15, -0.1) is 12.4 Å². The highest BCUT2D eigenvalue weighted by Gasteiger charge is 2.09. The van der Waals surface area contributed by atoms with Crippen LogP contribution in [-0.4, -0.2) is 32.0 Å². The summed E-state index contributed by atoms with van der Waals surface area (Å²) < 4.78 is 10.1. The summed E-state index contributed by atoms with van der Waals surface area (Å²) in [5, 5.41) is 5.41. The number of ether oxygens (including phenoxy) is 1. The largest absolute Gasteiger partial charge is 0.497 e. The predicted molar refractivity (Wildman–Crippen MR) is 91.5 cm³/mol. The Morgan fingerprint density at radius 1 is 1.08 bits per heavy atom. The number of nitrogens with one attached hydrogen (secondary N) is 2. The van der Waals surface area contributed by atoms with Crippen LogP contribution >= 0.6 is 12.4 Å². The van der Waals surface area contributed by atoms with E-state index in [1.54, 1.807) is 37.4 Å². The van der Waals surface area contributed by atoms with Gasteiger partial charge in [0.15, 0.2) is 0 Å². The molecule has 0 unspecified atom stereocenters. The van der Waals surface area contributed by atoms with Crippen LogP contribution in [0.4, 0.5) is 0 Å². The van der Waals surface area contributed by atoms with Crippen molar-refractivity contribution >= 4 is 24.2 Å². The first kappa shape index (κ1) is 19.5. The van der Waals surface area contributed by atoms with Crippen LogP contribution in [-0.2, 0) is 6.54 Å². The van der Waals surface area contributed by atoms with E-state index in [0.717, 1.165) is 0 Å². The number of hydrogen-bond acceptors (Lipinski definition) is 5. The number of halogens is 1. The first-order valence-corrected chi connectivity index (χ1v) is 7.12. The second kappa shape index (κ2) is 9.59. The van der Waals surface area contributed by atoms with Gasteiger partial charge in [-0.1, -0.05) is 0 Å². The van der Waals surface area contributed by atoms with Crippen molar-refractivity contribution in [3.63, 3.8) is 0 Å². The number of hydrogen-bond donors (Lipinski definition) is 3. The van der Waals surface area contributed by atoms with Crippen LogP contribution < -0.4 is 21.1 Å². The number of carbonyl (C=O) groups is 2. The molecular weight excluding hydrogens is 334 g/mol. The summed E-state index contributed by atoms with van der Waals surface area (Å²) in [6.45, 7) is 0.868. The second-order valence-electron chi connectivity index (χ2n) is 4.75. The molecule has 130 valence electrons. The van der Waals surface area contributed by atoms with E-state index < -0.39 is 0 Å². The summed E-state index contributed by atoms with van der Waals surface area (Å²) in [6.07, 6.45) is 1.35. The van der Waals surface area contributed by atoms with E-state index in [4.69, 9.17) is 14.9 Å². The number of amides is 2. The van der Waals surface area contributed by atoms with E-state index in [9.17, 15) is 9.59 Å². The quantitative estimate of drug-likeness (QED) is 0.651. The van der Waals surface area contributed by atoms with Crippen LogP contribution in [0.5, 0.6) is 5.75 Å². The summed E-state index contributed by atoms with van der Waals surface area (Å²) in [7, 11) is 1.56. The van der Waals surface area contributed by atoms with Gasteiger partial charge in [-0.2, -0.15) is 0 Å². The maximum atomic E-state index is 11.9. The Kier molecular flexibility index (Phi) is 7.81. The summed E-state index contributed by atoms with van der Waals surface area (Å²) in [6, 6.07) is 8.36. The van der Waals surface area contributed by atoms with E-state index in [0.29, 0.717) is 35.7 Å². The summed E-state index contributed by atoms with van der Waals surface area (Å²) in [4.78, 5) is 23.7. The molecule has 0 fully saturated rings. The van der Waals surface area contributed by atoms with Crippen LogP contribution in [0.2, 0.25) is 0 Å². The first-order valence-electron chi connectivity index (χ1n) is 7.12. The maximum absolute atomic E-state index is 11.9. The van der Waals surface area contributed by atoms with E-state index in [2.05, 4.69) is 10.6 Å². The minimum atomic E-state index is -0.271. The average molecular weight is 354 g/mol. The maximum Gasteiger partial charge on any atom is 0.254 e. The molecule has 1 aromatic carbocycles. The fraction of sp³-hybridized carbons (Fsp3) is 0.250. The molecule has 4 N–H and O–H groups in total. The number of furan rings is 1. The van der Waals surface area contributed by atoms with Gasteiger partial charge >= 0.3 is 0 Å². The predicted octanol–water partition coefficient (Wildman–Crippen LogP) is 1.33. The Morgan fingerprint density at radius 2 is 1.67 bits per heavy atom. The van der Waals surface area contributed by atoms with E-state index >= 15 is 0 Å². The minimum absolute atomic E-state index is 0. The Hall–Kier alpha value is -2.51. The molecule has 0 aliphatic heterocycles. The third-order valence-electron chi connectivity index (χ3n) is 3.17. The Labute approximate surface area is 146 Å². The molecule has 7 nitrogen and oxygen atoms in total. The van der Waals surface area contributed by atoms with Gasteiger partial charge in [0.25, 0.3) is 11.8 Å². The lowest BCUT2D eigenvalue weighted by Gasteiger charge is -2.07. The number of benzene rings is 1. The van der Waals surface area contributed by atoms with Crippen molar-refractivity contribution in [1.82, 2.24) is 10.6 Å². The van der Waals surface area contributed by atoms with E-state index in [-0.39, 0.29) is 30.8 Å². The molecule has 0 saturated heterocycles. The molecule has 2 aromatic rings. The normalized spacial score (nSPS) is 9.75. The van der Waals surface area contributed by atoms with Gasteiger partial charge in [0.1, 0.15) is 17.8 Å². The van der Waals surface area contributed by atoms with Crippen molar-refractivity contribution in [1.29, 1.82) is 0 Å². The molecule has 0 radical (unpaired) electrons. The molecule has 2 amide bonds. The van der Waals surface area contributed by atoms with Gasteiger partial charge in [0, 0.05) is 18.7 Å². The second-order valence-corrected chi connectivity index (χ2v) is 4.75. The van der Waals surface area contributed by atoms with Crippen LogP contribution in [0.25, 0.3) is 0 Å². The average Bonchev–Trinajstić information content (AvgIpc) is 3.07. The summed E-state index contributed by atoms with van der Waals surface area (Å²) in [5.41, 5.74) is 6.35. The topological polar surface area (TPSA) is 107 Å². The Morgan fingerprint density at radius 3 is 2.17 bits per heavy atom. The Balaban J connectivity index is 0.00000288. The Bertz CT molecular complexity index is 670. The third-order valence-corrected chi connectivity index (χ3v) is 3.17. The monoisotopic (exact) mass is 353 g/mol. The van der Waals surface area contributed by atoms with Gasteiger partial charge in [-0.25, -0.2) is 0 Å². The van der Waals surface area contributed by atoms with Crippen LogP contribution in [0, 0.1) is 0 Å². The van der Waals surface area contributed by atoms with Crippen LogP contribution in [0.15, 0.2) is 41.0 Å². The molecule has 0 aliphatic carbocycles. The fourth-order valence-corrected chi connectivity index (χ4v) is 1.91. The molecule has 2 rings (SSSR count). The molecule has 0 spiro atoms. The van der Waals surface area contributed by atoms with Crippen molar-refractivity contribution in [3.8, 4) is 5.75 Å². The lowest BCUT2D eigenvalue weighted by atomic mass is 10.2. The van der Waals surface area contributed by atoms with Gasteiger partial charge in [-0.3, -0.25) is 9.59 Å². The zero-order chi connectivity index (χ0) is 16.7. The smallest absolute Gasteiger partial charge is 0.254 e. The summed E-state index contributed by atoms with van der Waals surface area (Å²) in [5.74, 6) is 0.747. The van der Waals surface area contributed by atoms with Crippen molar-refractivity contribution in [2.75, 3.05) is 20.2 Å².